The van der Waals surface area contributed by atoms with Crippen molar-refractivity contribution in [1.82, 2.24) is 14.9 Å². The number of pyridine rings is 1. The van der Waals surface area contributed by atoms with E-state index in [0.717, 1.165) is 5.01 Å². The van der Waals surface area contributed by atoms with E-state index in [1.54, 1.807) is 29.4 Å². The normalized spacial score (nSPS) is 10.5. The van der Waals surface area contributed by atoms with Crippen LogP contribution < -0.4 is 0 Å². The molecule has 0 aromatic carbocycles. The smallest absolute Gasteiger partial charge is 0.337 e. The number of hydrogen-bond donors (Lipinski definition) is 1. The summed E-state index contributed by atoms with van der Waals surface area (Å²) in [4.78, 5) is 33.5. The fourth-order valence-electron chi connectivity index (χ4n) is 2.08. The third kappa shape index (κ3) is 3.67. The van der Waals surface area contributed by atoms with E-state index in [1.807, 2.05) is 12.3 Å². The largest absolute Gasteiger partial charge is 0.478 e. The molecule has 0 fully saturated rings. The lowest BCUT2D eigenvalue weighted by atomic mass is 10.1. The maximum Gasteiger partial charge on any atom is 0.337 e. The maximum atomic E-state index is 12.5. The molecule has 1 amide bonds. The van der Waals surface area contributed by atoms with E-state index in [9.17, 15) is 9.59 Å². The minimum absolute atomic E-state index is 0.113. The molecule has 6 nitrogen and oxygen atoms in total. The molecule has 0 radical (unpaired) electrons. The van der Waals surface area contributed by atoms with Gasteiger partial charge >= 0.3 is 5.97 Å². The molecule has 0 atom stereocenters. The number of carbonyl (C=O) groups excluding carboxylic acids is 1. The van der Waals surface area contributed by atoms with Crippen LogP contribution in [0, 0.1) is 6.92 Å². The molecule has 0 aliphatic heterocycles. The Labute approximate surface area is 132 Å². The molecule has 7 heteroatoms. The maximum absolute atomic E-state index is 12.5. The fraction of sp³-hybridized carbons (Fsp3) is 0.333. The van der Waals surface area contributed by atoms with Crippen molar-refractivity contribution < 1.29 is 14.7 Å². The number of thiazole rings is 1. The third-order valence-corrected chi connectivity index (χ3v) is 4.12. The van der Waals surface area contributed by atoms with Gasteiger partial charge in [0, 0.05) is 31.1 Å². The van der Waals surface area contributed by atoms with Crippen LogP contribution in [0.2, 0.25) is 0 Å². The van der Waals surface area contributed by atoms with Crippen LogP contribution in [0.25, 0.3) is 0 Å². The first-order chi connectivity index (χ1) is 10.5. The van der Waals surface area contributed by atoms with E-state index in [0.29, 0.717) is 25.2 Å². The Balaban J connectivity index is 2.10. The number of hydrogen-bond acceptors (Lipinski definition) is 5. The number of nitrogens with zero attached hydrogens (tertiary/aromatic N) is 3. The number of carboxylic acid groups (broad SMARTS) is 1. The van der Waals surface area contributed by atoms with Crippen molar-refractivity contribution in [2.45, 2.75) is 20.3 Å². The molecular weight excluding hydrogens is 302 g/mol. The van der Waals surface area contributed by atoms with Crippen LogP contribution in [-0.4, -0.2) is 44.9 Å². The summed E-state index contributed by atoms with van der Waals surface area (Å²) in [6.45, 7) is 4.61. The lowest BCUT2D eigenvalue weighted by Gasteiger charge is -2.20. The van der Waals surface area contributed by atoms with E-state index in [1.165, 1.54) is 12.1 Å². The Morgan fingerprint density at radius 2 is 2.14 bits per heavy atom. The number of aryl methyl sites for hydroxylation is 1. The van der Waals surface area contributed by atoms with E-state index in [4.69, 9.17) is 5.11 Å². The van der Waals surface area contributed by atoms with E-state index < -0.39 is 5.97 Å². The molecule has 0 bridgehead atoms. The van der Waals surface area contributed by atoms with Crippen LogP contribution in [-0.2, 0) is 6.42 Å². The number of likely N-dealkylation sites (N-methyl/N-ethyl adjacent to an activating group) is 1. The van der Waals surface area contributed by atoms with Crippen LogP contribution >= 0.6 is 11.3 Å². The van der Waals surface area contributed by atoms with Gasteiger partial charge in [-0.25, -0.2) is 14.8 Å². The van der Waals surface area contributed by atoms with Gasteiger partial charge in [0.2, 0.25) is 0 Å². The van der Waals surface area contributed by atoms with Gasteiger partial charge in [0.15, 0.2) is 0 Å². The zero-order chi connectivity index (χ0) is 16.1. The summed E-state index contributed by atoms with van der Waals surface area (Å²) in [6, 6.07) is 2.89. The van der Waals surface area contributed by atoms with Gasteiger partial charge in [0.25, 0.3) is 5.91 Å². The van der Waals surface area contributed by atoms with E-state index in [-0.39, 0.29) is 17.2 Å². The van der Waals surface area contributed by atoms with Crippen molar-refractivity contribution >= 4 is 23.2 Å². The van der Waals surface area contributed by atoms with Crippen LogP contribution in [0.3, 0.4) is 0 Å². The van der Waals surface area contributed by atoms with E-state index in [2.05, 4.69) is 9.97 Å². The number of amides is 1. The van der Waals surface area contributed by atoms with Gasteiger partial charge in [-0.2, -0.15) is 0 Å². The van der Waals surface area contributed by atoms with Gasteiger partial charge in [-0.15, -0.1) is 11.3 Å². The predicted octanol–water partition coefficient (Wildman–Crippen LogP) is 2.25. The van der Waals surface area contributed by atoms with Gasteiger partial charge in [-0.1, -0.05) is 0 Å². The lowest BCUT2D eigenvalue weighted by molar-refractivity contribution is 0.0692. The minimum Gasteiger partial charge on any atom is -0.478 e. The Hall–Kier alpha value is -2.28. The quantitative estimate of drug-likeness (QED) is 0.883. The third-order valence-electron chi connectivity index (χ3n) is 3.28. The topological polar surface area (TPSA) is 83.4 Å². The second-order valence-corrected chi connectivity index (χ2v) is 5.67. The van der Waals surface area contributed by atoms with Gasteiger partial charge in [0.1, 0.15) is 5.69 Å². The summed E-state index contributed by atoms with van der Waals surface area (Å²) < 4.78 is 0. The van der Waals surface area contributed by atoms with Crippen LogP contribution in [0.5, 0.6) is 0 Å². The van der Waals surface area contributed by atoms with Gasteiger partial charge in [0.05, 0.1) is 16.3 Å². The second-order valence-electron chi connectivity index (χ2n) is 4.70. The van der Waals surface area contributed by atoms with Gasteiger partial charge < -0.3 is 10.0 Å². The Kier molecular flexibility index (Phi) is 5.21. The Morgan fingerprint density at radius 3 is 2.68 bits per heavy atom. The summed E-state index contributed by atoms with van der Waals surface area (Å²) >= 11 is 1.56. The van der Waals surface area contributed by atoms with Crippen molar-refractivity contribution in [3.05, 3.63) is 45.7 Å². The monoisotopic (exact) mass is 319 g/mol. The molecule has 2 heterocycles. The lowest BCUT2D eigenvalue weighted by Crippen LogP contribution is -2.33. The number of carbonyl (C=O) groups is 2. The second kappa shape index (κ2) is 7.13. The molecule has 0 saturated carbocycles. The average Bonchev–Trinajstić information content (AvgIpc) is 3.00. The summed E-state index contributed by atoms with van der Waals surface area (Å²) in [7, 11) is 0. The molecule has 2 aromatic rings. The summed E-state index contributed by atoms with van der Waals surface area (Å²) in [5.74, 6) is -1.24. The number of rotatable bonds is 6. The molecule has 22 heavy (non-hydrogen) atoms. The highest BCUT2D eigenvalue weighted by atomic mass is 32.1. The molecule has 0 aliphatic rings. The van der Waals surface area contributed by atoms with Crippen molar-refractivity contribution in [3.63, 3.8) is 0 Å². The highest BCUT2D eigenvalue weighted by Gasteiger charge is 2.18. The summed E-state index contributed by atoms with van der Waals surface area (Å²) in [6.07, 6.45) is 2.44. The zero-order valence-electron chi connectivity index (χ0n) is 12.4. The standard InChI is InChI=1S/C15H17N3O3S/c1-3-18(8-6-13-16-7-9-22-13)14(19)12-5-4-11(15(20)21)10(2)17-12/h4-5,7,9H,3,6,8H2,1-2H3,(H,20,21). The highest BCUT2D eigenvalue weighted by molar-refractivity contribution is 7.09. The summed E-state index contributed by atoms with van der Waals surface area (Å²) in [5.41, 5.74) is 0.722. The van der Waals surface area contributed by atoms with Gasteiger partial charge in [-0.05, 0) is 26.0 Å². The number of aromatic carboxylic acids is 1. The molecule has 0 unspecified atom stereocenters. The fourth-order valence-corrected chi connectivity index (χ4v) is 2.69. The SMILES string of the molecule is CCN(CCc1nccs1)C(=O)c1ccc(C(=O)O)c(C)n1. The Morgan fingerprint density at radius 1 is 1.36 bits per heavy atom. The first-order valence-electron chi connectivity index (χ1n) is 6.91. The van der Waals surface area contributed by atoms with Crippen molar-refractivity contribution in [1.29, 1.82) is 0 Å². The highest BCUT2D eigenvalue weighted by Crippen LogP contribution is 2.11. The van der Waals surface area contributed by atoms with Crippen molar-refractivity contribution in [2.75, 3.05) is 13.1 Å². The molecule has 0 saturated heterocycles. The first kappa shape index (κ1) is 16.1. The first-order valence-corrected chi connectivity index (χ1v) is 7.79. The van der Waals surface area contributed by atoms with Crippen LogP contribution in [0.1, 0.15) is 38.5 Å². The molecular formula is C15H17N3O3S. The van der Waals surface area contributed by atoms with E-state index >= 15 is 0 Å². The molecule has 0 aliphatic carbocycles. The molecule has 1 N–H and O–H groups in total. The minimum atomic E-state index is -1.04. The average molecular weight is 319 g/mol. The van der Waals surface area contributed by atoms with Crippen LogP contribution in [0.4, 0.5) is 0 Å². The molecule has 116 valence electrons. The number of carboxylic acids is 1. The van der Waals surface area contributed by atoms with Crippen molar-refractivity contribution in [2.24, 2.45) is 0 Å². The number of aromatic nitrogens is 2. The molecule has 2 aromatic heterocycles. The predicted molar refractivity (Wildman–Crippen MR) is 83.3 cm³/mol. The molecule has 2 rings (SSSR count). The summed E-state index contributed by atoms with van der Waals surface area (Å²) in [5, 5.41) is 11.9. The van der Waals surface area contributed by atoms with Gasteiger partial charge in [-0.3, -0.25) is 4.79 Å². The molecule has 0 spiro atoms. The Bertz CT molecular complexity index is 671. The van der Waals surface area contributed by atoms with Crippen LogP contribution in [0.15, 0.2) is 23.7 Å². The zero-order valence-corrected chi connectivity index (χ0v) is 13.3. The van der Waals surface area contributed by atoms with Crippen molar-refractivity contribution in [3.8, 4) is 0 Å².